The molecule has 0 fully saturated rings. The van der Waals surface area contributed by atoms with Gasteiger partial charge in [0.15, 0.2) is 5.78 Å². The van der Waals surface area contributed by atoms with E-state index < -0.39 is 11.5 Å². The molecule has 0 unspecified atom stereocenters. The summed E-state index contributed by atoms with van der Waals surface area (Å²) < 4.78 is 0. The summed E-state index contributed by atoms with van der Waals surface area (Å²) in [5.74, 6) is -0.105. The number of hydrogen-bond acceptors (Lipinski definition) is 3. The number of carbonyl (C=O) groups excluding carboxylic acids is 1. The zero-order valence-electron chi connectivity index (χ0n) is 12.9. The quantitative estimate of drug-likeness (QED) is 0.337. The summed E-state index contributed by atoms with van der Waals surface area (Å²) in [5.41, 5.74) is 8.24. The van der Waals surface area contributed by atoms with Gasteiger partial charge in [-0.05, 0) is 18.4 Å². The molecule has 0 aliphatic carbocycles. The largest absolute Gasteiger partial charge is 0.392 e. The van der Waals surface area contributed by atoms with Gasteiger partial charge in [-0.3, -0.25) is 4.79 Å². The molecular weight excluding hydrogens is 266 g/mol. The first-order chi connectivity index (χ1) is 9.93. The number of Topliss-reactive ketones (excluding diaryl/α,β-unsaturated/α-hetero) is 1. The minimum absolute atomic E-state index is 0.105. The lowest BCUT2D eigenvalue weighted by Gasteiger charge is -2.30. The second-order valence-electron chi connectivity index (χ2n) is 5.82. The smallest absolute Gasteiger partial charge is 0.171 e. The first-order valence-electron chi connectivity index (χ1n) is 7.25. The van der Waals surface area contributed by atoms with E-state index in [9.17, 15) is 9.90 Å². The molecule has 5 heteroatoms. The third-order valence-electron chi connectivity index (χ3n) is 3.79. The summed E-state index contributed by atoms with van der Waals surface area (Å²) in [4.78, 5) is 15.4. The lowest BCUT2D eigenvalue weighted by Crippen LogP contribution is -2.39. The molecule has 0 saturated heterocycles. The zero-order valence-corrected chi connectivity index (χ0v) is 12.9. The fraction of sp³-hybridized carbons (Fsp3) is 0.562. The summed E-state index contributed by atoms with van der Waals surface area (Å²) in [6, 6.07) is 8.66. The van der Waals surface area contributed by atoms with Crippen molar-refractivity contribution in [3.05, 3.63) is 46.3 Å². The summed E-state index contributed by atoms with van der Waals surface area (Å²) in [7, 11) is 0. The Morgan fingerprint density at radius 3 is 2.52 bits per heavy atom. The van der Waals surface area contributed by atoms with Crippen LogP contribution in [0.2, 0.25) is 0 Å². The van der Waals surface area contributed by atoms with Gasteiger partial charge in [0, 0.05) is 16.5 Å². The van der Waals surface area contributed by atoms with E-state index in [1.807, 2.05) is 13.0 Å². The summed E-state index contributed by atoms with van der Waals surface area (Å²) in [5, 5.41) is 14.1. The normalized spacial score (nSPS) is 14.1. The molecule has 0 heterocycles. The number of hydrogen-bond donors (Lipinski definition) is 1. The van der Waals surface area contributed by atoms with Crippen LogP contribution in [0.1, 0.15) is 50.4 Å². The van der Waals surface area contributed by atoms with Gasteiger partial charge in [0.25, 0.3) is 0 Å². The predicted molar refractivity (Wildman–Crippen MR) is 83.0 cm³/mol. The minimum atomic E-state index is -0.918. The lowest BCUT2D eigenvalue weighted by atomic mass is 9.77. The Morgan fingerprint density at radius 2 is 2.00 bits per heavy atom. The van der Waals surface area contributed by atoms with Crippen LogP contribution < -0.4 is 0 Å². The van der Waals surface area contributed by atoms with Crippen LogP contribution >= 0.6 is 0 Å². The van der Waals surface area contributed by atoms with Crippen molar-refractivity contribution >= 4 is 5.78 Å². The number of rotatable bonds is 8. The summed E-state index contributed by atoms with van der Waals surface area (Å²) >= 11 is 0. The highest BCUT2D eigenvalue weighted by atomic mass is 16.3. The van der Waals surface area contributed by atoms with E-state index in [2.05, 4.69) is 10.0 Å². The third kappa shape index (κ3) is 4.59. The molecule has 0 saturated carbocycles. The van der Waals surface area contributed by atoms with E-state index in [1.54, 1.807) is 38.1 Å². The van der Waals surface area contributed by atoms with Crippen molar-refractivity contribution in [2.45, 2.75) is 52.2 Å². The Balaban J connectivity index is 2.85. The lowest BCUT2D eigenvalue weighted by molar-refractivity contribution is 0.0324. The van der Waals surface area contributed by atoms with Crippen LogP contribution in [-0.2, 0) is 0 Å². The topological polar surface area (TPSA) is 86.1 Å². The maximum Gasteiger partial charge on any atom is 0.171 e. The highest BCUT2D eigenvalue weighted by Gasteiger charge is 2.37. The molecule has 0 amide bonds. The standard InChI is InChI=1S/C16H23N3O2/c1-4-8-13(18-19-17)11-14(20)16(2,3)15(21)12-9-6-5-7-10-12/h5-7,9-10,13-14,20H,4,8,11H2,1-3H3/t13-,14-/m0/s1. The molecule has 21 heavy (non-hydrogen) atoms. The Hall–Kier alpha value is -1.84. The molecule has 0 bridgehead atoms. The average Bonchev–Trinajstić information content (AvgIpc) is 2.47. The third-order valence-corrected chi connectivity index (χ3v) is 3.79. The van der Waals surface area contributed by atoms with Crippen LogP contribution in [0.5, 0.6) is 0 Å². The number of benzene rings is 1. The molecule has 0 aromatic heterocycles. The highest BCUT2D eigenvalue weighted by molar-refractivity contribution is 6.00. The van der Waals surface area contributed by atoms with Crippen molar-refractivity contribution in [3.63, 3.8) is 0 Å². The van der Waals surface area contributed by atoms with Gasteiger partial charge in [0.05, 0.1) is 11.5 Å². The molecule has 2 atom stereocenters. The van der Waals surface area contributed by atoms with Crippen molar-refractivity contribution < 1.29 is 9.90 Å². The Kier molecular flexibility index (Phi) is 6.40. The molecule has 0 aliphatic rings. The molecule has 1 N–H and O–H groups in total. The molecule has 1 rings (SSSR count). The first-order valence-corrected chi connectivity index (χ1v) is 7.25. The van der Waals surface area contributed by atoms with E-state index in [-0.39, 0.29) is 11.8 Å². The van der Waals surface area contributed by atoms with Crippen molar-refractivity contribution in [3.8, 4) is 0 Å². The summed E-state index contributed by atoms with van der Waals surface area (Å²) in [6.45, 7) is 5.45. The molecule has 1 aromatic rings. The van der Waals surface area contributed by atoms with Gasteiger partial charge in [-0.2, -0.15) is 0 Å². The van der Waals surface area contributed by atoms with Gasteiger partial charge in [-0.25, -0.2) is 0 Å². The molecule has 1 aromatic carbocycles. The summed E-state index contributed by atoms with van der Waals surface area (Å²) in [6.07, 6.45) is 1.01. The molecular formula is C16H23N3O2. The Bertz CT molecular complexity index is 508. The van der Waals surface area contributed by atoms with Gasteiger partial charge in [-0.1, -0.05) is 62.6 Å². The monoisotopic (exact) mass is 289 g/mol. The SMILES string of the molecule is CCC[C@@H](C[C@H](O)C(C)(C)C(=O)c1ccccc1)N=[N+]=[N-]. The number of nitrogens with zero attached hydrogens (tertiary/aromatic N) is 3. The fourth-order valence-corrected chi connectivity index (χ4v) is 2.29. The Morgan fingerprint density at radius 1 is 1.38 bits per heavy atom. The van der Waals surface area contributed by atoms with Gasteiger partial charge < -0.3 is 5.11 Å². The van der Waals surface area contributed by atoms with Gasteiger partial charge in [0.1, 0.15) is 0 Å². The second kappa shape index (κ2) is 7.81. The number of azide groups is 1. The van der Waals surface area contributed by atoms with Crippen LogP contribution in [0.25, 0.3) is 10.4 Å². The van der Waals surface area contributed by atoms with Crippen LogP contribution in [0.15, 0.2) is 35.4 Å². The molecule has 0 aliphatic heterocycles. The van der Waals surface area contributed by atoms with Crippen molar-refractivity contribution in [1.82, 2.24) is 0 Å². The number of aliphatic hydroxyl groups is 1. The first kappa shape index (κ1) is 17.2. The second-order valence-corrected chi connectivity index (χ2v) is 5.82. The van der Waals surface area contributed by atoms with Gasteiger partial charge in [0.2, 0.25) is 0 Å². The maximum absolute atomic E-state index is 12.5. The van der Waals surface area contributed by atoms with Crippen molar-refractivity contribution in [1.29, 1.82) is 0 Å². The number of ketones is 1. The fourth-order valence-electron chi connectivity index (χ4n) is 2.29. The average molecular weight is 289 g/mol. The Labute approximate surface area is 125 Å². The molecule has 0 radical (unpaired) electrons. The van der Waals surface area contributed by atoms with Crippen LogP contribution in [-0.4, -0.2) is 23.0 Å². The van der Waals surface area contributed by atoms with Gasteiger partial charge in [-0.15, -0.1) is 0 Å². The van der Waals surface area contributed by atoms with E-state index in [0.29, 0.717) is 18.4 Å². The van der Waals surface area contributed by atoms with E-state index in [4.69, 9.17) is 5.53 Å². The number of carbonyl (C=O) groups is 1. The highest BCUT2D eigenvalue weighted by Crippen LogP contribution is 2.30. The minimum Gasteiger partial charge on any atom is -0.392 e. The van der Waals surface area contributed by atoms with Crippen LogP contribution in [0.4, 0.5) is 0 Å². The van der Waals surface area contributed by atoms with E-state index in [1.165, 1.54) is 0 Å². The van der Waals surface area contributed by atoms with Crippen molar-refractivity contribution in [2.24, 2.45) is 10.5 Å². The predicted octanol–water partition coefficient (Wildman–Crippen LogP) is 4.13. The number of aliphatic hydroxyl groups excluding tert-OH is 1. The van der Waals surface area contributed by atoms with E-state index >= 15 is 0 Å². The zero-order chi connectivity index (χ0) is 15.9. The van der Waals surface area contributed by atoms with E-state index in [0.717, 1.165) is 6.42 Å². The van der Waals surface area contributed by atoms with Crippen LogP contribution in [0.3, 0.4) is 0 Å². The van der Waals surface area contributed by atoms with Gasteiger partial charge >= 0.3 is 0 Å². The van der Waals surface area contributed by atoms with Crippen LogP contribution in [0, 0.1) is 5.41 Å². The maximum atomic E-state index is 12.5. The van der Waals surface area contributed by atoms with Crippen molar-refractivity contribution in [2.75, 3.05) is 0 Å². The molecule has 114 valence electrons. The molecule has 0 spiro atoms. The molecule has 5 nitrogen and oxygen atoms in total.